The van der Waals surface area contributed by atoms with Crippen LogP contribution in [0.4, 0.5) is 10.2 Å². The molecule has 3 rings (SSSR count). The summed E-state index contributed by atoms with van der Waals surface area (Å²) < 4.78 is 19.3. The second-order valence-corrected chi connectivity index (χ2v) is 4.55. The number of aromatic nitrogens is 1. The number of hydrogen-bond acceptors (Lipinski definition) is 3. The van der Waals surface area contributed by atoms with Gasteiger partial charge in [-0.15, -0.1) is 0 Å². The van der Waals surface area contributed by atoms with E-state index >= 15 is 0 Å². The monoisotopic (exact) mass is 258 g/mol. The summed E-state index contributed by atoms with van der Waals surface area (Å²) in [5, 5.41) is 0.798. The summed E-state index contributed by atoms with van der Waals surface area (Å²) in [4.78, 5) is 6.55. The maximum absolute atomic E-state index is 14.0. The van der Waals surface area contributed by atoms with Crippen LogP contribution in [0, 0.1) is 5.82 Å². The first-order chi connectivity index (χ1) is 9.28. The number of anilines is 1. The molecule has 0 N–H and O–H groups in total. The lowest BCUT2D eigenvalue weighted by atomic mass is 10.1. The predicted molar refractivity (Wildman–Crippen MR) is 74.8 cm³/mol. The maximum atomic E-state index is 14.0. The van der Waals surface area contributed by atoms with E-state index in [1.54, 1.807) is 6.08 Å². The van der Waals surface area contributed by atoms with Crippen molar-refractivity contribution in [2.45, 2.75) is 0 Å². The van der Waals surface area contributed by atoms with Gasteiger partial charge in [-0.2, -0.15) is 0 Å². The Morgan fingerprint density at radius 1 is 1.26 bits per heavy atom. The second-order valence-electron chi connectivity index (χ2n) is 4.55. The zero-order chi connectivity index (χ0) is 13.2. The SMILES string of the molecule is C=Cc1cc(F)c2nc(N3CCOCC3)ccc2c1. The molecule has 0 radical (unpaired) electrons. The lowest BCUT2D eigenvalue weighted by molar-refractivity contribution is 0.122. The van der Waals surface area contributed by atoms with Crippen LogP contribution in [0.3, 0.4) is 0 Å². The van der Waals surface area contributed by atoms with Crippen LogP contribution < -0.4 is 4.90 Å². The molecule has 1 aliphatic rings. The largest absolute Gasteiger partial charge is 0.378 e. The Labute approximate surface area is 111 Å². The average molecular weight is 258 g/mol. The fourth-order valence-electron chi connectivity index (χ4n) is 2.29. The van der Waals surface area contributed by atoms with Crippen LogP contribution in [0.5, 0.6) is 0 Å². The molecule has 1 aliphatic heterocycles. The highest BCUT2D eigenvalue weighted by Crippen LogP contribution is 2.23. The minimum Gasteiger partial charge on any atom is -0.378 e. The normalized spacial score (nSPS) is 15.7. The van der Waals surface area contributed by atoms with Crippen LogP contribution in [0.2, 0.25) is 0 Å². The molecule has 3 nitrogen and oxygen atoms in total. The Balaban J connectivity index is 2.05. The van der Waals surface area contributed by atoms with Gasteiger partial charge in [0.2, 0.25) is 0 Å². The Morgan fingerprint density at radius 2 is 2.05 bits per heavy atom. The average Bonchev–Trinajstić information content (AvgIpc) is 2.47. The Hall–Kier alpha value is -1.94. The minimum atomic E-state index is -0.303. The van der Waals surface area contributed by atoms with Crippen LogP contribution in [0.25, 0.3) is 17.0 Å². The first kappa shape index (κ1) is 12.1. The van der Waals surface area contributed by atoms with E-state index in [0.717, 1.165) is 29.9 Å². The molecule has 0 aliphatic carbocycles. The van der Waals surface area contributed by atoms with E-state index in [1.165, 1.54) is 6.07 Å². The first-order valence-corrected chi connectivity index (χ1v) is 6.33. The molecule has 1 aromatic heterocycles. The molecule has 0 saturated carbocycles. The molecule has 1 fully saturated rings. The van der Waals surface area contributed by atoms with Crippen LogP contribution in [0.1, 0.15) is 5.56 Å². The lowest BCUT2D eigenvalue weighted by Gasteiger charge is -2.27. The van der Waals surface area contributed by atoms with E-state index in [1.807, 2.05) is 18.2 Å². The van der Waals surface area contributed by atoms with Crippen molar-refractivity contribution in [1.29, 1.82) is 0 Å². The molecular formula is C15H15FN2O. The van der Waals surface area contributed by atoms with Gasteiger partial charge in [-0.05, 0) is 29.8 Å². The molecule has 1 saturated heterocycles. The van der Waals surface area contributed by atoms with Gasteiger partial charge in [0, 0.05) is 18.5 Å². The number of benzene rings is 1. The molecular weight excluding hydrogens is 243 g/mol. The molecule has 0 spiro atoms. The highest BCUT2D eigenvalue weighted by molar-refractivity contribution is 5.83. The maximum Gasteiger partial charge on any atom is 0.150 e. The van der Waals surface area contributed by atoms with Crippen molar-refractivity contribution < 1.29 is 9.13 Å². The van der Waals surface area contributed by atoms with E-state index in [-0.39, 0.29) is 5.82 Å². The van der Waals surface area contributed by atoms with E-state index < -0.39 is 0 Å². The van der Waals surface area contributed by atoms with Crippen molar-refractivity contribution in [2.75, 3.05) is 31.2 Å². The molecule has 4 heteroatoms. The van der Waals surface area contributed by atoms with Gasteiger partial charge in [-0.3, -0.25) is 0 Å². The summed E-state index contributed by atoms with van der Waals surface area (Å²) in [6, 6.07) is 7.19. The quantitative estimate of drug-likeness (QED) is 0.828. The number of ether oxygens (including phenoxy) is 1. The third-order valence-electron chi connectivity index (χ3n) is 3.32. The lowest BCUT2D eigenvalue weighted by Crippen LogP contribution is -2.36. The van der Waals surface area contributed by atoms with Crippen LogP contribution in [0.15, 0.2) is 30.8 Å². The topological polar surface area (TPSA) is 25.4 Å². The van der Waals surface area contributed by atoms with Gasteiger partial charge in [-0.1, -0.05) is 12.7 Å². The van der Waals surface area contributed by atoms with Crippen molar-refractivity contribution in [3.05, 3.63) is 42.2 Å². The summed E-state index contributed by atoms with van der Waals surface area (Å²) in [7, 11) is 0. The van der Waals surface area contributed by atoms with Crippen molar-refractivity contribution in [2.24, 2.45) is 0 Å². The number of hydrogen-bond donors (Lipinski definition) is 0. The van der Waals surface area contributed by atoms with Crippen LogP contribution in [-0.4, -0.2) is 31.3 Å². The fourth-order valence-corrected chi connectivity index (χ4v) is 2.29. The summed E-state index contributed by atoms with van der Waals surface area (Å²) in [6.07, 6.45) is 1.64. The number of morpholine rings is 1. The third-order valence-corrected chi connectivity index (χ3v) is 3.32. The fraction of sp³-hybridized carbons (Fsp3) is 0.267. The van der Waals surface area contributed by atoms with Crippen LogP contribution >= 0.6 is 0 Å². The smallest absolute Gasteiger partial charge is 0.150 e. The van der Waals surface area contributed by atoms with Gasteiger partial charge in [0.25, 0.3) is 0 Å². The zero-order valence-electron chi connectivity index (χ0n) is 10.6. The molecule has 0 amide bonds. The molecule has 0 unspecified atom stereocenters. The van der Waals surface area contributed by atoms with E-state index in [4.69, 9.17) is 4.74 Å². The number of halogens is 1. The molecule has 2 heterocycles. The van der Waals surface area contributed by atoms with E-state index in [9.17, 15) is 4.39 Å². The molecule has 98 valence electrons. The van der Waals surface area contributed by atoms with Crippen molar-refractivity contribution in [3.63, 3.8) is 0 Å². The van der Waals surface area contributed by atoms with E-state index in [0.29, 0.717) is 18.7 Å². The van der Waals surface area contributed by atoms with Crippen molar-refractivity contribution in [3.8, 4) is 0 Å². The van der Waals surface area contributed by atoms with Gasteiger partial charge in [-0.25, -0.2) is 9.37 Å². The third kappa shape index (κ3) is 2.31. The van der Waals surface area contributed by atoms with Crippen molar-refractivity contribution in [1.82, 2.24) is 4.98 Å². The van der Waals surface area contributed by atoms with Crippen molar-refractivity contribution >= 4 is 22.8 Å². The summed E-state index contributed by atoms with van der Waals surface area (Å²) in [5.74, 6) is 0.503. The number of nitrogens with zero attached hydrogens (tertiary/aromatic N) is 2. The van der Waals surface area contributed by atoms with Gasteiger partial charge < -0.3 is 9.64 Å². The van der Waals surface area contributed by atoms with Gasteiger partial charge in [0.1, 0.15) is 17.2 Å². The Kier molecular flexibility index (Phi) is 3.17. The minimum absolute atomic E-state index is 0.303. The molecule has 0 atom stereocenters. The Bertz CT molecular complexity index is 621. The van der Waals surface area contributed by atoms with Gasteiger partial charge in [0.05, 0.1) is 13.2 Å². The van der Waals surface area contributed by atoms with E-state index in [2.05, 4.69) is 16.5 Å². The standard InChI is InChI=1S/C15H15FN2O/c1-2-11-9-12-3-4-14(17-15(12)13(16)10-11)18-5-7-19-8-6-18/h2-4,9-10H,1,5-8H2. The zero-order valence-corrected chi connectivity index (χ0v) is 10.6. The number of fused-ring (bicyclic) bond motifs is 1. The summed E-state index contributed by atoms with van der Waals surface area (Å²) >= 11 is 0. The molecule has 1 aromatic carbocycles. The predicted octanol–water partition coefficient (Wildman–Crippen LogP) is 2.85. The highest BCUT2D eigenvalue weighted by atomic mass is 19.1. The second kappa shape index (κ2) is 4.97. The summed E-state index contributed by atoms with van der Waals surface area (Å²) in [5.41, 5.74) is 1.18. The molecule has 0 bridgehead atoms. The first-order valence-electron chi connectivity index (χ1n) is 6.33. The Morgan fingerprint density at radius 3 is 2.79 bits per heavy atom. The number of pyridine rings is 1. The summed E-state index contributed by atoms with van der Waals surface area (Å²) in [6.45, 7) is 6.64. The van der Waals surface area contributed by atoms with Gasteiger partial charge in [0.15, 0.2) is 0 Å². The molecule has 19 heavy (non-hydrogen) atoms. The highest BCUT2D eigenvalue weighted by Gasteiger charge is 2.13. The van der Waals surface area contributed by atoms with Gasteiger partial charge >= 0.3 is 0 Å². The van der Waals surface area contributed by atoms with Crippen LogP contribution in [-0.2, 0) is 4.74 Å². The number of rotatable bonds is 2. The molecule has 2 aromatic rings.